The molecule has 7 nitrogen and oxygen atoms in total. The summed E-state index contributed by atoms with van der Waals surface area (Å²) >= 11 is 0. The summed E-state index contributed by atoms with van der Waals surface area (Å²) in [5, 5.41) is 0. The third kappa shape index (κ3) is 2.40. The van der Waals surface area contributed by atoms with Gasteiger partial charge >= 0.3 is 0 Å². The Morgan fingerprint density at radius 3 is 2.58 bits per heavy atom. The quantitative estimate of drug-likeness (QED) is 0.892. The van der Waals surface area contributed by atoms with Crippen LogP contribution in [0.4, 0.5) is 11.4 Å². The van der Waals surface area contributed by atoms with Gasteiger partial charge in [-0.25, -0.2) is 8.42 Å². The normalized spacial score (nSPS) is 17.3. The molecular weight excluding hydrogens is 356 g/mol. The van der Waals surface area contributed by atoms with Crippen LogP contribution in [0.5, 0.6) is 11.5 Å². The summed E-state index contributed by atoms with van der Waals surface area (Å²) < 4.78 is 38.6. The van der Waals surface area contributed by atoms with Gasteiger partial charge in [0.05, 0.1) is 16.0 Å². The smallest absolute Gasteiger partial charge is 0.261 e. The molecular formula is C18H18N2O5S. The predicted molar refractivity (Wildman–Crippen MR) is 96.3 cm³/mol. The van der Waals surface area contributed by atoms with Crippen LogP contribution in [0.25, 0.3) is 0 Å². The first kappa shape index (κ1) is 16.7. The van der Waals surface area contributed by atoms with E-state index >= 15 is 0 Å². The lowest BCUT2D eigenvalue weighted by Gasteiger charge is -2.17. The molecule has 0 unspecified atom stereocenters. The molecule has 1 amide bonds. The van der Waals surface area contributed by atoms with E-state index in [4.69, 9.17) is 9.47 Å². The summed E-state index contributed by atoms with van der Waals surface area (Å²) in [4.78, 5) is 14.0. The molecule has 136 valence electrons. The molecule has 26 heavy (non-hydrogen) atoms. The number of rotatable bonds is 3. The van der Waals surface area contributed by atoms with Gasteiger partial charge in [-0.3, -0.25) is 9.52 Å². The zero-order valence-electron chi connectivity index (χ0n) is 14.6. The van der Waals surface area contributed by atoms with E-state index in [1.807, 2.05) is 0 Å². The highest BCUT2D eigenvalue weighted by Crippen LogP contribution is 2.42. The fourth-order valence-electron chi connectivity index (χ4n) is 3.29. The maximum atomic E-state index is 12.8. The SMILES string of the molecule is CN1C(=O)C(C)(C)c2cc(S(=O)(=O)Nc3ccc4c(c3)OCO4)ccc21. The van der Waals surface area contributed by atoms with Crippen molar-refractivity contribution in [1.82, 2.24) is 0 Å². The van der Waals surface area contributed by atoms with Crippen LogP contribution >= 0.6 is 0 Å². The lowest BCUT2D eigenvalue weighted by Crippen LogP contribution is -2.33. The number of hydrogen-bond donors (Lipinski definition) is 1. The van der Waals surface area contributed by atoms with Crippen LogP contribution < -0.4 is 19.1 Å². The first-order valence-electron chi connectivity index (χ1n) is 8.05. The molecule has 1 N–H and O–H groups in total. The number of likely N-dealkylation sites (N-methyl/N-ethyl adjacent to an activating group) is 1. The Kier molecular flexibility index (Phi) is 3.46. The fourth-order valence-corrected chi connectivity index (χ4v) is 4.37. The van der Waals surface area contributed by atoms with E-state index in [-0.39, 0.29) is 17.6 Å². The van der Waals surface area contributed by atoms with Gasteiger partial charge in [0.25, 0.3) is 10.0 Å². The lowest BCUT2D eigenvalue weighted by atomic mass is 9.86. The minimum absolute atomic E-state index is 0.0641. The molecule has 0 bridgehead atoms. The molecule has 0 fully saturated rings. The molecule has 0 radical (unpaired) electrons. The van der Waals surface area contributed by atoms with Crippen LogP contribution in [0.1, 0.15) is 19.4 Å². The largest absolute Gasteiger partial charge is 0.454 e. The number of hydrogen-bond acceptors (Lipinski definition) is 5. The van der Waals surface area contributed by atoms with E-state index in [2.05, 4.69) is 4.72 Å². The highest BCUT2D eigenvalue weighted by atomic mass is 32.2. The molecule has 2 aliphatic heterocycles. The average Bonchev–Trinajstić information content (AvgIpc) is 3.12. The second-order valence-electron chi connectivity index (χ2n) is 6.84. The molecule has 0 aliphatic carbocycles. The molecule has 2 aromatic carbocycles. The summed E-state index contributed by atoms with van der Waals surface area (Å²) in [6.45, 7) is 3.70. The van der Waals surface area contributed by atoms with Gasteiger partial charge in [0.1, 0.15) is 0 Å². The molecule has 2 aromatic rings. The van der Waals surface area contributed by atoms with Crippen molar-refractivity contribution >= 4 is 27.3 Å². The minimum Gasteiger partial charge on any atom is -0.454 e. The third-order valence-corrected chi connectivity index (χ3v) is 6.16. The number of carbonyl (C=O) groups is 1. The van der Waals surface area contributed by atoms with Crippen molar-refractivity contribution in [1.29, 1.82) is 0 Å². The van der Waals surface area contributed by atoms with E-state index in [1.165, 1.54) is 6.07 Å². The topological polar surface area (TPSA) is 84.9 Å². The molecule has 2 heterocycles. The van der Waals surface area contributed by atoms with Gasteiger partial charge in [-0.05, 0) is 49.7 Å². The van der Waals surface area contributed by atoms with Crippen LogP contribution in [0.2, 0.25) is 0 Å². The predicted octanol–water partition coefficient (Wildman–Crippen LogP) is 2.47. The number of benzene rings is 2. The van der Waals surface area contributed by atoms with Gasteiger partial charge in [-0.2, -0.15) is 0 Å². The monoisotopic (exact) mass is 374 g/mol. The average molecular weight is 374 g/mol. The molecule has 0 aromatic heterocycles. The number of ether oxygens (including phenoxy) is 2. The zero-order chi connectivity index (χ0) is 18.7. The summed E-state index contributed by atoms with van der Waals surface area (Å²) in [6.07, 6.45) is 0. The third-order valence-electron chi connectivity index (χ3n) is 4.78. The number of anilines is 2. The van der Waals surface area contributed by atoms with E-state index in [1.54, 1.807) is 56.1 Å². The Balaban J connectivity index is 1.69. The van der Waals surface area contributed by atoms with Crippen molar-refractivity contribution < 1.29 is 22.7 Å². The van der Waals surface area contributed by atoms with E-state index in [9.17, 15) is 13.2 Å². The Morgan fingerprint density at radius 1 is 1.08 bits per heavy atom. The number of carbonyl (C=O) groups excluding carboxylic acids is 1. The highest BCUT2D eigenvalue weighted by molar-refractivity contribution is 7.92. The Morgan fingerprint density at radius 2 is 1.81 bits per heavy atom. The van der Waals surface area contributed by atoms with Crippen LogP contribution in [-0.2, 0) is 20.2 Å². The van der Waals surface area contributed by atoms with Crippen LogP contribution in [-0.4, -0.2) is 28.2 Å². The van der Waals surface area contributed by atoms with Gasteiger partial charge in [0.2, 0.25) is 12.7 Å². The number of nitrogens with one attached hydrogen (secondary N) is 1. The first-order valence-corrected chi connectivity index (χ1v) is 9.53. The van der Waals surface area contributed by atoms with Crippen molar-refractivity contribution in [3.05, 3.63) is 42.0 Å². The van der Waals surface area contributed by atoms with Gasteiger partial charge in [-0.15, -0.1) is 0 Å². The summed E-state index contributed by atoms with van der Waals surface area (Å²) in [5.41, 5.74) is 1.02. The van der Waals surface area contributed by atoms with Crippen LogP contribution in [0, 0.1) is 0 Å². The van der Waals surface area contributed by atoms with E-state index in [0.717, 1.165) is 5.69 Å². The molecule has 0 saturated carbocycles. The van der Waals surface area contributed by atoms with Gasteiger partial charge in [-0.1, -0.05) is 0 Å². The van der Waals surface area contributed by atoms with Crippen LogP contribution in [0.15, 0.2) is 41.3 Å². The highest BCUT2D eigenvalue weighted by Gasteiger charge is 2.42. The van der Waals surface area contributed by atoms with E-state index in [0.29, 0.717) is 22.7 Å². The second kappa shape index (κ2) is 5.38. The van der Waals surface area contributed by atoms with Crippen molar-refractivity contribution in [2.75, 3.05) is 23.5 Å². The Labute approximate surface area is 151 Å². The fraction of sp³-hybridized carbons (Fsp3) is 0.278. The molecule has 0 atom stereocenters. The van der Waals surface area contributed by atoms with Gasteiger partial charge < -0.3 is 14.4 Å². The van der Waals surface area contributed by atoms with Crippen LogP contribution in [0.3, 0.4) is 0 Å². The van der Waals surface area contributed by atoms with Gasteiger partial charge in [0, 0.05) is 18.8 Å². The molecule has 2 aliphatic rings. The maximum Gasteiger partial charge on any atom is 0.261 e. The minimum atomic E-state index is -3.81. The Hall–Kier alpha value is -2.74. The Bertz CT molecular complexity index is 1030. The van der Waals surface area contributed by atoms with Crippen molar-refractivity contribution in [3.8, 4) is 11.5 Å². The first-order chi connectivity index (χ1) is 12.2. The summed E-state index contributed by atoms with van der Waals surface area (Å²) in [6, 6.07) is 9.56. The standard InChI is InChI=1S/C18H18N2O5S/c1-18(2)13-9-12(5-6-14(13)20(3)17(18)21)26(22,23)19-11-4-7-15-16(8-11)25-10-24-15/h4-9,19H,10H2,1-3H3. The number of sulfonamides is 1. The van der Waals surface area contributed by atoms with Gasteiger partial charge in [0.15, 0.2) is 11.5 Å². The molecule has 0 spiro atoms. The summed E-state index contributed by atoms with van der Waals surface area (Å²) in [7, 11) is -2.12. The molecule has 4 rings (SSSR count). The summed E-state index contributed by atoms with van der Waals surface area (Å²) in [5.74, 6) is 1.01. The molecule has 0 saturated heterocycles. The second-order valence-corrected chi connectivity index (χ2v) is 8.52. The number of fused-ring (bicyclic) bond motifs is 2. The van der Waals surface area contributed by atoms with E-state index < -0.39 is 15.4 Å². The molecule has 8 heteroatoms. The van der Waals surface area contributed by atoms with Crippen molar-refractivity contribution in [2.45, 2.75) is 24.2 Å². The number of nitrogens with zero attached hydrogens (tertiary/aromatic N) is 1. The number of amides is 1. The lowest BCUT2D eigenvalue weighted by molar-refractivity contribution is -0.121. The zero-order valence-corrected chi connectivity index (χ0v) is 15.4. The maximum absolute atomic E-state index is 12.8. The van der Waals surface area contributed by atoms with Crippen molar-refractivity contribution in [2.24, 2.45) is 0 Å². The van der Waals surface area contributed by atoms with Crippen molar-refractivity contribution in [3.63, 3.8) is 0 Å².